The third-order valence-corrected chi connectivity index (χ3v) is 2.59. The van der Waals surface area contributed by atoms with Crippen molar-refractivity contribution in [3.8, 4) is 5.75 Å². The molecule has 0 unspecified atom stereocenters. The standard InChI is InChI=1S/C12H17NO3/c1-8(2)13(3)11-7-9(16-4)5-6-10(11)12(14)15/h5-8H,1-4H3,(H,14,15). The highest BCUT2D eigenvalue weighted by atomic mass is 16.5. The number of aromatic carboxylic acids is 1. The molecule has 0 aliphatic heterocycles. The molecule has 0 aromatic heterocycles. The lowest BCUT2D eigenvalue weighted by molar-refractivity contribution is 0.0697. The zero-order valence-electron chi connectivity index (χ0n) is 10.0. The third-order valence-electron chi connectivity index (χ3n) is 2.59. The number of ether oxygens (including phenoxy) is 1. The van der Waals surface area contributed by atoms with E-state index in [2.05, 4.69) is 0 Å². The summed E-state index contributed by atoms with van der Waals surface area (Å²) in [5.74, 6) is -0.266. The lowest BCUT2D eigenvalue weighted by Gasteiger charge is -2.25. The highest BCUT2D eigenvalue weighted by Crippen LogP contribution is 2.26. The smallest absolute Gasteiger partial charge is 0.337 e. The first-order valence-electron chi connectivity index (χ1n) is 5.11. The highest BCUT2D eigenvalue weighted by molar-refractivity contribution is 5.94. The van der Waals surface area contributed by atoms with Gasteiger partial charge in [-0.3, -0.25) is 0 Å². The van der Waals surface area contributed by atoms with Crippen LogP contribution in [0.15, 0.2) is 18.2 Å². The molecular weight excluding hydrogens is 206 g/mol. The van der Waals surface area contributed by atoms with E-state index in [-0.39, 0.29) is 11.6 Å². The van der Waals surface area contributed by atoms with Crippen LogP contribution in [0, 0.1) is 0 Å². The van der Waals surface area contributed by atoms with Gasteiger partial charge in [-0.2, -0.15) is 0 Å². The Labute approximate surface area is 95.5 Å². The maximum absolute atomic E-state index is 11.1. The summed E-state index contributed by atoms with van der Waals surface area (Å²) in [5, 5.41) is 9.09. The highest BCUT2D eigenvalue weighted by Gasteiger charge is 2.16. The molecule has 1 N–H and O–H groups in total. The van der Waals surface area contributed by atoms with Crippen molar-refractivity contribution >= 4 is 11.7 Å². The van der Waals surface area contributed by atoms with Gasteiger partial charge >= 0.3 is 5.97 Å². The summed E-state index contributed by atoms with van der Waals surface area (Å²) in [7, 11) is 3.43. The monoisotopic (exact) mass is 223 g/mol. The number of carboxylic acids is 1. The Bertz CT molecular complexity index is 388. The van der Waals surface area contributed by atoms with Gasteiger partial charge in [0.1, 0.15) is 5.75 Å². The fourth-order valence-electron chi connectivity index (χ4n) is 1.39. The van der Waals surface area contributed by atoms with Crippen molar-refractivity contribution in [3.05, 3.63) is 23.8 Å². The third kappa shape index (κ3) is 2.45. The van der Waals surface area contributed by atoms with Gasteiger partial charge in [0.15, 0.2) is 0 Å². The van der Waals surface area contributed by atoms with Crippen molar-refractivity contribution in [1.82, 2.24) is 0 Å². The fraction of sp³-hybridized carbons (Fsp3) is 0.417. The van der Waals surface area contributed by atoms with Gasteiger partial charge < -0.3 is 14.7 Å². The van der Waals surface area contributed by atoms with Crippen molar-refractivity contribution in [2.24, 2.45) is 0 Å². The molecule has 0 heterocycles. The first kappa shape index (κ1) is 12.4. The molecule has 0 amide bonds. The van der Waals surface area contributed by atoms with Crippen LogP contribution in [-0.2, 0) is 0 Å². The molecule has 0 fully saturated rings. The maximum atomic E-state index is 11.1. The summed E-state index contributed by atoms with van der Waals surface area (Å²) in [6, 6.07) is 5.19. The maximum Gasteiger partial charge on any atom is 0.337 e. The van der Waals surface area contributed by atoms with E-state index in [1.807, 2.05) is 25.8 Å². The summed E-state index contributed by atoms with van der Waals surface area (Å²) < 4.78 is 5.10. The Morgan fingerprint density at radius 2 is 2.06 bits per heavy atom. The van der Waals surface area contributed by atoms with E-state index in [9.17, 15) is 4.79 Å². The molecule has 0 bridgehead atoms. The quantitative estimate of drug-likeness (QED) is 0.850. The number of carboxylic acid groups (broad SMARTS) is 1. The van der Waals surface area contributed by atoms with Crippen LogP contribution in [0.25, 0.3) is 0 Å². The molecule has 1 aromatic rings. The minimum Gasteiger partial charge on any atom is -0.497 e. The summed E-state index contributed by atoms with van der Waals surface area (Å²) in [6.45, 7) is 4.01. The lowest BCUT2D eigenvalue weighted by atomic mass is 10.1. The summed E-state index contributed by atoms with van der Waals surface area (Å²) in [6.07, 6.45) is 0. The zero-order valence-corrected chi connectivity index (χ0v) is 10.0. The number of nitrogens with zero attached hydrogens (tertiary/aromatic N) is 1. The Balaban J connectivity index is 3.25. The van der Waals surface area contributed by atoms with Crippen molar-refractivity contribution in [1.29, 1.82) is 0 Å². The van der Waals surface area contributed by atoms with Crippen LogP contribution in [0.4, 0.5) is 5.69 Å². The van der Waals surface area contributed by atoms with E-state index < -0.39 is 5.97 Å². The Hall–Kier alpha value is -1.71. The molecule has 4 heteroatoms. The van der Waals surface area contributed by atoms with Crippen molar-refractivity contribution in [3.63, 3.8) is 0 Å². The van der Waals surface area contributed by atoms with Gasteiger partial charge in [-0.25, -0.2) is 4.79 Å². The molecule has 0 aliphatic carbocycles. The van der Waals surface area contributed by atoms with Crippen LogP contribution in [0.5, 0.6) is 5.75 Å². The topological polar surface area (TPSA) is 49.8 Å². The number of hydrogen-bond donors (Lipinski definition) is 1. The van der Waals surface area contributed by atoms with E-state index in [1.54, 1.807) is 25.3 Å². The SMILES string of the molecule is COc1ccc(C(=O)O)c(N(C)C(C)C)c1. The van der Waals surface area contributed by atoms with Gasteiger partial charge in [0.2, 0.25) is 0 Å². The predicted octanol–water partition coefficient (Wildman–Crippen LogP) is 2.24. The largest absolute Gasteiger partial charge is 0.497 e. The van der Waals surface area contributed by atoms with Gasteiger partial charge in [-0.05, 0) is 26.0 Å². The van der Waals surface area contributed by atoms with Crippen molar-refractivity contribution in [2.75, 3.05) is 19.1 Å². The number of hydrogen-bond acceptors (Lipinski definition) is 3. The van der Waals surface area contributed by atoms with Crippen LogP contribution >= 0.6 is 0 Å². The van der Waals surface area contributed by atoms with E-state index in [0.717, 1.165) is 0 Å². The fourth-order valence-corrected chi connectivity index (χ4v) is 1.39. The molecule has 1 rings (SSSR count). The molecule has 88 valence electrons. The molecule has 0 spiro atoms. The Morgan fingerprint density at radius 1 is 1.44 bits per heavy atom. The van der Waals surface area contributed by atoms with Crippen LogP contribution in [0.1, 0.15) is 24.2 Å². The van der Waals surface area contributed by atoms with E-state index in [0.29, 0.717) is 11.4 Å². The van der Waals surface area contributed by atoms with Gasteiger partial charge in [0.25, 0.3) is 0 Å². The molecule has 0 saturated carbocycles. The number of benzene rings is 1. The normalized spacial score (nSPS) is 10.3. The first-order valence-corrected chi connectivity index (χ1v) is 5.11. The van der Waals surface area contributed by atoms with Gasteiger partial charge in [0, 0.05) is 19.2 Å². The molecule has 16 heavy (non-hydrogen) atoms. The van der Waals surface area contributed by atoms with Crippen LogP contribution < -0.4 is 9.64 Å². The summed E-state index contributed by atoms with van der Waals surface area (Å²) in [5.41, 5.74) is 0.957. The van der Waals surface area contributed by atoms with Gasteiger partial charge in [-0.1, -0.05) is 0 Å². The Kier molecular flexibility index (Phi) is 3.77. The van der Waals surface area contributed by atoms with Crippen molar-refractivity contribution in [2.45, 2.75) is 19.9 Å². The molecule has 0 radical (unpaired) electrons. The van der Waals surface area contributed by atoms with Crippen LogP contribution in [0.3, 0.4) is 0 Å². The average molecular weight is 223 g/mol. The molecule has 1 aromatic carbocycles. The Morgan fingerprint density at radius 3 is 2.50 bits per heavy atom. The molecule has 0 saturated heterocycles. The number of carbonyl (C=O) groups is 1. The molecular formula is C12H17NO3. The van der Waals surface area contributed by atoms with Gasteiger partial charge in [-0.15, -0.1) is 0 Å². The second-order valence-corrected chi connectivity index (χ2v) is 3.89. The minimum atomic E-state index is -0.926. The van der Waals surface area contributed by atoms with Crippen LogP contribution in [-0.4, -0.2) is 31.3 Å². The van der Waals surface area contributed by atoms with Crippen LogP contribution in [0.2, 0.25) is 0 Å². The lowest BCUT2D eigenvalue weighted by Crippen LogP contribution is -2.27. The van der Waals surface area contributed by atoms with Crippen molar-refractivity contribution < 1.29 is 14.6 Å². The molecule has 0 aliphatic rings. The zero-order chi connectivity index (χ0) is 12.3. The summed E-state index contributed by atoms with van der Waals surface area (Å²) >= 11 is 0. The van der Waals surface area contributed by atoms with E-state index in [1.165, 1.54) is 0 Å². The molecule has 0 atom stereocenters. The number of anilines is 1. The first-order chi connectivity index (χ1) is 7.47. The van der Waals surface area contributed by atoms with E-state index in [4.69, 9.17) is 9.84 Å². The molecule has 4 nitrogen and oxygen atoms in total. The second kappa shape index (κ2) is 4.88. The van der Waals surface area contributed by atoms with Gasteiger partial charge in [0.05, 0.1) is 18.4 Å². The van der Waals surface area contributed by atoms with E-state index >= 15 is 0 Å². The summed E-state index contributed by atoms with van der Waals surface area (Å²) in [4.78, 5) is 13.0. The predicted molar refractivity (Wildman–Crippen MR) is 63.5 cm³/mol. The average Bonchev–Trinajstić information content (AvgIpc) is 2.26. The second-order valence-electron chi connectivity index (χ2n) is 3.89. The number of rotatable bonds is 4. The number of methoxy groups -OCH3 is 1. The minimum absolute atomic E-state index is 0.227.